The van der Waals surface area contributed by atoms with Gasteiger partial charge in [-0.3, -0.25) is 4.68 Å². The first-order chi connectivity index (χ1) is 7.04. The van der Waals surface area contributed by atoms with E-state index in [2.05, 4.69) is 5.10 Å². The first kappa shape index (κ1) is 11.7. The molecule has 0 saturated heterocycles. The van der Waals surface area contributed by atoms with Crippen molar-refractivity contribution in [2.45, 2.75) is 26.3 Å². The van der Waals surface area contributed by atoms with Crippen molar-refractivity contribution < 1.29 is 9.53 Å². The van der Waals surface area contributed by atoms with E-state index < -0.39 is 0 Å². The van der Waals surface area contributed by atoms with Gasteiger partial charge in [0.05, 0.1) is 6.61 Å². The molecule has 1 heterocycles. The summed E-state index contributed by atoms with van der Waals surface area (Å²) in [6, 6.07) is 0.00220. The molecule has 1 atom stereocenters. The van der Waals surface area contributed by atoms with E-state index in [1.165, 1.54) is 0 Å². The van der Waals surface area contributed by atoms with Crippen LogP contribution in [0.3, 0.4) is 0 Å². The second-order valence-electron chi connectivity index (χ2n) is 3.58. The molecule has 0 radical (unpaired) electrons. The smallest absolute Gasteiger partial charge is 0.359 e. The molecule has 0 fully saturated rings. The molecule has 0 aliphatic carbocycles. The third-order valence-corrected chi connectivity index (χ3v) is 1.92. The molecular formula is C10H17N3O2. The number of aromatic nitrogens is 2. The predicted molar refractivity (Wildman–Crippen MR) is 56.5 cm³/mol. The highest BCUT2D eigenvalue weighted by molar-refractivity contribution is 5.88. The van der Waals surface area contributed by atoms with Crippen molar-refractivity contribution in [2.75, 3.05) is 6.61 Å². The summed E-state index contributed by atoms with van der Waals surface area (Å²) in [7, 11) is 1.77. The minimum Gasteiger partial charge on any atom is -0.461 e. The molecule has 5 nitrogen and oxygen atoms in total. The lowest BCUT2D eigenvalue weighted by Gasteiger charge is -2.04. The Labute approximate surface area is 89.2 Å². The number of nitrogens with two attached hydrogens (primary N) is 1. The minimum absolute atomic E-state index is 0.00220. The molecule has 1 rings (SSSR count). The van der Waals surface area contributed by atoms with Crippen molar-refractivity contribution in [3.8, 4) is 0 Å². The summed E-state index contributed by atoms with van der Waals surface area (Å²) in [4.78, 5) is 11.5. The quantitative estimate of drug-likeness (QED) is 0.736. The number of carbonyl (C=O) groups is 1. The molecule has 0 unspecified atom stereocenters. The normalized spacial score (nSPS) is 12.5. The van der Waals surface area contributed by atoms with Crippen molar-refractivity contribution in [3.63, 3.8) is 0 Å². The molecule has 0 saturated carbocycles. The molecule has 0 aliphatic heterocycles. The van der Waals surface area contributed by atoms with Crippen molar-refractivity contribution in [1.29, 1.82) is 0 Å². The first-order valence-corrected chi connectivity index (χ1v) is 4.99. The largest absolute Gasteiger partial charge is 0.461 e. The lowest BCUT2D eigenvalue weighted by molar-refractivity contribution is 0.0517. The summed E-state index contributed by atoms with van der Waals surface area (Å²) < 4.78 is 6.51. The molecule has 15 heavy (non-hydrogen) atoms. The van der Waals surface area contributed by atoms with Gasteiger partial charge in [-0.2, -0.15) is 5.10 Å². The fourth-order valence-corrected chi connectivity index (χ4v) is 1.41. The molecule has 5 heteroatoms. The second-order valence-corrected chi connectivity index (χ2v) is 3.58. The number of esters is 1. The van der Waals surface area contributed by atoms with Crippen LogP contribution in [-0.4, -0.2) is 28.4 Å². The van der Waals surface area contributed by atoms with Crippen molar-refractivity contribution in [2.24, 2.45) is 12.8 Å². The van der Waals surface area contributed by atoms with Crippen LogP contribution in [0.1, 0.15) is 29.9 Å². The fourth-order valence-electron chi connectivity index (χ4n) is 1.41. The zero-order valence-corrected chi connectivity index (χ0v) is 9.36. The Morgan fingerprint density at radius 3 is 2.93 bits per heavy atom. The Kier molecular flexibility index (Phi) is 3.85. The van der Waals surface area contributed by atoms with Gasteiger partial charge in [-0.05, 0) is 20.3 Å². The third kappa shape index (κ3) is 3.06. The Bertz CT molecular complexity index is 344. The van der Waals surface area contributed by atoms with Crippen LogP contribution in [0.15, 0.2) is 6.20 Å². The van der Waals surface area contributed by atoms with Gasteiger partial charge in [0.25, 0.3) is 0 Å². The molecule has 0 aliphatic rings. The van der Waals surface area contributed by atoms with E-state index in [0.29, 0.717) is 18.7 Å². The van der Waals surface area contributed by atoms with Crippen molar-refractivity contribution in [3.05, 3.63) is 17.5 Å². The maximum atomic E-state index is 11.5. The maximum Gasteiger partial charge on any atom is 0.359 e. The Balaban J connectivity index is 2.90. The van der Waals surface area contributed by atoms with Crippen LogP contribution in [0.5, 0.6) is 0 Å². The van der Waals surface area contributed by atoms with Crippen LogP contribution in [0, 0.1) is 0 Å². The molecular weight excluding hydrogens is 194 g/mol. The number of carbonyl (C=O) groups excluding carboxylic acids is 1. The minimum atomic E-state index is -0.381. The van der Waals surface area contributed by atoms with E-state index >= 15 is 0 Å². The summed E-state index contributed by atoms with van der Waals surface area (Å²) in [5, 5.41) is 4.07. The monoisotopic (exact) mass is 211 g/mol. The zero-order chi connectivity index (χ0) is 11.4. The highest BCUT2D eigenvalue weighted by atomic mass is 16.5. The molecule has 2 N–H and O–H groups in total. The highest BCUT2D eigenvalue weighted by Gasteiger charge is 2.17. The van der Waals surface area contributed by atoms with Gasteiger partial charge >= 0.3 is 5.97 Å². The highest BCUT2D eigenvalue weighted by Crippen LogP contribution is 2.10. The van der Waals surface area contributed by atoms with Crippen molar-refractivity contribution in [1.82, 2.24) is 9.78 Å². The van der Waals surface area contributed by atoms with Gasteiger partial charge in [0.2, 0.25) is 0 Å². The van der Waals surface area contributed by atoms with Gasteiger partial charge in [0.1, 0.15) is 0 Å². The van der Waals surface area contributed by atoms with Gasteiger partial charge in [-0.1, -0.05) is 0 Å². The van der Waals surface area contributed by atoms with Crippen LogP contribution < -0.4 is 5.73 Å². The van der Waals surface area contributed by atoms with Gasteiger partial charge < -0.3 is 10.5 Å². The van der Waals surface area contributed by atoms with E-state index in [0.717, 1.165) is 5.56 Å². The molecule has 0 aromatic carbocycles. The fraction of sp³-hybridized carbons (Fsp3) is 0.600. The van der Waals surface area contributed by atoms with E-state index in [4.69, 9.17) is 10.5 Å². The zero-order valence-electron chi connectivity index (χ0n) is 9.36. The Hall–Kier alpha value is -1.36. The number of aryl methyl sites for hydroxylation is 1. The number of ether oxygens (including phenoxy) is 1. The van der Waals surface area contributed by atoms with Crippen LogP contribution in [0.25, 0.3) is 0 Å². The maximum absolute atomic E-state index is 11.5. The van der Waals surface area contributed by atoms with Crippen molar-refractivity contribution >= 4 is 5.97 Å². The van der Waals surface area contributed by atoms with Crippen LogP contribution in [0.4, 0.5) is 0 Å². The van der Waals surface area contributed by atoms with Gasteiger partial charge in [0, 0.05) is 24.8 Å². The topological polar surface area (TPSA) is 70.1 Å². The van der Waals surface area contributed by atoms with E-state index in [1.807, 2.05) is 6.92 Å². The first-order valence-electron chi connectivity index (χ1n) is 4.99. The predicted octanol–water partition coefficient (Wildman–Crippen LogP) is 0.487. The van der Waals surface area contributed by atoms with E-state index in [1.54, 1.807) is 24.9 Å². The number of nitrogens with zero attached hydrogens (tertiary/aromatic N) is 2. The Morgan fingerprint density at radius 1 is 1.73 bits per heavy atom. The summed E-state index contributed by atoms with van der Waals surface area (Å²) in [6.07, 6.45) is 2.43. The lowest BCUT2D eigenvalue weighted by Crippen LogP contribution is -2.19. The average Bonchev–Trinajstić information content (AvgIpc) is 2.46. The van der Waals surface area contributed by atoms with Crippen LogP contribution in [-0.2, 0) is 18.2 Å². The molecule has 1 aromatic heterocycles. The average molecular weight is 211 g/mol. The summed E-state index contributed by atoms with van der Waals surface area (Å²) >= 11 is 0. The Morgan fingerprint density at radius 2 is 2.40 bits per heavy atom. The standard InChI is InChI=1S/C10H17N3O2/c1-4-15-10(14)9-8(5-7(2)11)6-13(3)12-9/h6-7H,4-5,11H2,1-3H3/t7-/m1/s1. The molecule has 1 aromatic rings. The van der Waals surface area contributed by atoms with Crippen LogP contribution in [0.2, 0.25) is 0 Å². The lowest BCUT2D eigenvalue weighted by atomic mass is 10.1. The van der Waals surface area contributed by atoms with Gasteiger partial charge in [0.15, 0.2) is 5.69 Å². The third-order valence-electron chi connectivity index (χ3n) is 1.92. The van der Waals surface area contributed by atoms with Gasteiger partial charge in [-0.15, -0.1) is 0 Å². The number of hydrogen-bond acceptors (Lipinski definition) is 4. The SMILES string of the molecule is CCOC(=O)c1nn(C)cc1C[C@@H](C)N. The number of hydrogen-bond donors (Lipinski definition) is 1. The van der Waals surface area contributed by atoms with Crippen LogP contribution >= 0.6 is 0 Å². The molecule has 84 valence electrons. The van der Waals surface area contributed by atoms with E-state index in [-0.39, 0.29) is 12.0 Å². The summed E-state index contributed by atoms with van der Waals surface area (Å²) in [5.41, 5.74) is 6.90. The van der Waals surface area contributed by atoms with Gasteiger partial charge in [-0.25, -0.2) is 4.79 Å². The molecule has 0 bridgehead atoms. The number of rotatable bonds is 4. The summed E-state index contributed by atoms with van der Waals surface area (Å²) in [5.74, 6) is -0.381. The molecule has 0 amide bonds. The summed E-state index contributed by atoms with van der Waals surface area (Å²) in [6.45, 7) is 4.01. The molecule has 0 spiro atoms. The second kappa shape index (κ2) is 4.93. The van der Waals surface area contributed by atoms with E-state index in [9.17, 15) is 4.79 Å².